The fourth-order valence-corrected chi connectivity index (χ4v) is 2.13. The summed E-state index contributed by atoms with van der Waals surface area (Å²) >= 11 is 1.55. The van der Waals surface area contributed by atoms with E-state index in [0.29, 0.717) is 12.3 Å². The lowest BCUT2D eigenvalue weighted by Gasteiger charge is -2.03. The van der Waals surface area contributed by atoms with Gasteiger partial charge in [0.25, 0.3) is 5.91 Å². The van der Waals surface area contributed by atoms with Crippen molar-refractivity contribution in [3.8, 4) is 0 Å². The number of H-pyrrole nitrogens is 2. The third kappa shape index (κ3) is 3.04. The lowest BCUT2D eigenvalue weighted by molar-refractivity contribution is 0.0951. The van der Waals surface area contributed by atoms with Gasteiger partial charge in [0.2, 0.25) is 0 Å². The van der Waals surface area contributed by atoms with E-state index in [-0.39, 0.29) is 17.3 Å². The fourth-order valence-electron chi connectivity index (χ4n) is 1.35. The van der Waals surface area contributed by atoms with Crippen LogP contribution in [0.3, 0.4) is 0 Å². The predicted octanol–water partition coefficient (Wildman–Crippen LogP) is -0.0414. The quantitative estimate of drug-likeness (QED) is 0.523. The van der Waals surface area contributed by atoms with Crippen LogP contribution in [0.4, 0.5) is 0 Å². The van der Waals surface area contributed by atoms with Crippen LogP contribution in [0.1, 0.15) is 10.5 Å². The Morgan fingerprint density at radius 3 is 3.06 bits per heavy atom. The normalized spacial score (nSPS) is 10.5. The number of nitrogens with one attached hydrogen (secondary N) is 3. The van der Waals surface area contributed by atoms with E-state index < -0.39 is 0 Å². The Bertz CT molecular complexity index is 585. The number of aromatic nitrogens is 4. The van der Waals surface area contributed by atoms with Crippen LogP contribution < -0.4 is 11.0 Å². The second-order valence-corrected chi connectivity index (χ2v) is 4.64. The highest BCUT2D eigenvalue weighted by atomic mass is 32.2. The van der Waals surface area contributed by atoms with Crippen molar-refractivity contribution in [1.29, 1.82) is 0 Å². The number of rotatable bonds is 5. The molecule has 0 fully saturated rings. The first-order valence-corrected chi connectivity index (χ1v) is 6.31. The summed E-state index contributed by atoms with van der Waals surface area (Å²) in [7, 11) is 1.92. The number of carbonyl (C=O) groups excluding carboxylic acids is 1. The SMILES string of the molecule is Cn1ccnc1SCCNC(=O)c1c[nH]c(=O)[nH]1. The summed E-state index contributed by atoms with van der Waals surface area (Å²) in [6, 6.07) is 0. The van der Waals surface area contributed by atoms with Gasteiger partial charge in [0, 0.05) is 37.9 Å². The third-order valence-electron chi connectivity index (χ3n) is 2.24. The zero-order valence-electron chi connectivity index (χ0n) is 9.77. The van der Waals surface area contributed by atoms with E-state index in [1.54, 1.807) is 18.0 Å². The Kier molecular flexibility index (Phi) is 3.88. The molecule has 2 aromatic heterocycles. The number of hydrogen-bond acceptors (Lipinski definition) is 4. The first-order chi connectivity index (χ1) is 8.66. The van der Waals surface area contributed by atoms with E-state index >= 15 is 0 Å². The monoisotopic (exact) mass is 267 g/mol. The average molecular weight is 267 g/mol. The van der Waals surface area contributed by atoms with Crippen molar-refractivity contribution in [1.82, 2.24) is 24.8 Å². The molecule has 0 radical (unpaired) electrons. The van der Waals surface area contributed by atoms with E-state index in [0.717, 1.165) is 5.16 Å². The maximum atomic E-state index is 11.6. The minimum atomic E-state index is -0.387. The molecular formula is C10H13N5O2S. The number of thioether (sulfide) groups is 1. The number of nitrogens with zero attached hydrogens (tertiary/aromatic N) is 2. The predicted molar refractivity (Wildman–Crippen MR) is 67.7 cm³/mol. The van der Waals surface area contributed by atoms with Crippen molar-refractivity contribution in [2.75, 3.05) is 12.3 Å². The summed E-state index contributed by atoms with van der Waals surface area (Å²) in [5.74, 6) is 0.416. The van der Waals surface area contributed by atoms with Gasteiger partial charge < -0.3 is 19.9 Å². The number of hydrogen-bond donors (Lipinski definition) is 3. The Balaban J connectivity index is 1.74. The molecule has 0 unspecified atom stereocenters. The van der Waals surface area contributed by atoms with Gasteiger partial charge in [0.15, 0.2) is 5.16 Å². The summed E-state index contributed by atoms with van der Waals surface area (Å²) in [6.45, 7) is 0.504. The Morgan fingerprint density at radius 2 is 2.44 bits per heavy atom. The second-order valence-electron chi connectivity index (χ2n) is 3.58. The molecule has 0 aliphatic carbocycles. The van der Waals surface area contributed by atoms with Crippen LogP contribution in [0, 0.1) is 0 Å². The van der Waals surface area contributed by atoms with Gasteiger partial charge in [-0.15, -0.1) is 0 Å². The van der Waals surface area contributed by atoms with Crippen molar-refractivity contribution in [3.63, 3.8) is 0 Å². The molecule has 2 rings (SSSR count). The summed E-state index contributed by atoms with van der Waals surface area (Å²) in [5, 5.41) is 3.61. The Morgan fingerprint density at radius 1 is 1.61 bits per heavy atom. The molecule has 7 nitrogen and oxygen atoms in total. The smallest absolute Gasteiger partial charge is 0.323 e. The summed E-state index contributed by atoms with van der Waals surface area (Å²) in [4.78, 5) is 31.3. The van der Waals surface area contributed by atoms with Crippen LogP contribution >= 0.6 is 11.8 Å². The highest BCUT2D eigenvalue weighted by Crippen LogP contribution is 2.12. The van der Waals surface area contributed by atoms with Gasteiger partial charge in [-0.3, -0.25) is 4.79 Å². The molecule has 0 atom stereocenters. The highest BCUT2D eigenvalue weighted by molar-refractivity contribution is 7.99. The van der Waals surface area contributed by atoms with Crippen LogP contribution in [0.25, 0.3) is 0 Å². The van der Waals surface area contributed by atoms with Gasteiger partial charge >= 0.3 is 5.69 Å². The van der Waals surface area contributed by atoms with E-state index in [2.05, 4.69) is 20.3 Å². The number of aryl methyl sites for hydroxylation is 1. The molecule has 0 bridgehead atoms. The molecule has 0 spiro atoms. The van der Waals surface area contributed by atoms with Crippen molar-refractivity contribution < 1.29 is 4.79 Å². The minimum absolute atomic E-state index is 0.238. The van der Waals surface area contributed by atoms with E-state index in [4.69, 9.17) is 0 Å². The van der Waals surface area contributed by atoms with Crippen molar-refractivity contribution >= 4 is 17.7 Å². The minimum Gasteiger partial charge on any atom is -0.350 e. The Labute approximate surface area is 107 Å². The van der Waals surface area contributed by atoms with Crippen molar-refractivity contribution in [2.45, 2.75) is 5.16 Å². The molecule has 18 heavy (non-hydrogen) atoms. The van der Waals surface area contributed by atoms with Crippen LogP contribution in [-0.2, 0) is 7.05 Å². The number of carbonyl (C=O) groups is 1. The van der Waals surface area contributed by atoms with Gasteiger partial charge in [-0.05, 0) is 0 Å². The fraction of sp³-hybridized carbons (Fsp3) is 0.300. The van der Waals surface area contributed by atoms with Crippen LogP contribution in [0.15, 0.2) is 28.5 Å². The van der Waals surface area contributed by atoms with Crippen LogP contribution in [0.5, 0.6) is 0 Å². The first kappa shape index (κ1) is 12.5. The van der Waals surface area contributed by atoms with Gasteiger partial charge in [0.05, 0.1) is 0 Å². The zero-order valence-corrected chi connectivity index (χ0v) is 10.6. The number of aromatic amines is 2. The molecule has 3 N–H and O–H groups in total. The molecule has 96 valence electrons. The number of imidazole rings is 2. The maximum absolute atomic E-state index is 11.6. The molecule has 1 amide bonds. The van der Waals surface area contributed by atoms with Crippen LogP contribution in [0.2, 0.25) is 0 Å². The molecule has 0 aromatic carbocycles. The van der Waals surface area contributed by atoms with Gasteiger partial charge in [-0.25, -0.2) is 9.78 Å². The van der Waals surface area contributed by atoms with E-state index in [9.17, 15) is 9.59 Å². The molecule has 0 saturated heterocycles. The first-order valence-electron chi connectivity index (χ1n) is 5.33. The zero-order chi connectivity index (χ0) is 13.0. The Hall–Kier alpha value is -1.96. The molecule has 0 aliphatic heterocycles. The second kappa shape index (κ2) is 5.58. The molecule has 0 saturated carbocycles. The van der Waals surface area contributed by atoms with E-state index in [1.807, 2.05) is 17.8 Å². The molecule has 2 heterocycles. The summed E-state index contributed by atoms with van der Waals surface area (Å²) in [6.07, 6.45) is 4.94. The highest BCUT2D eigenvalue weighted by Gasteiger charge is 2.07. The van der Waals surface area contributed by atoms with Crippen molar-refractivity contribution in [3.05, 3.63) is 34.8 Å². The lowest BCUT2D eigenvalue weighted by Crippen LogP contribution is -2.26. The molecular weight excluding hydrogens is 254 g/mol. The average Bonchev–Trinajstić information content (AvgIpc) is 2.94. The topological polar surface area (TPSA) is 95.6 Å². The van der Waals surface area contributed by atoms with Gasteiger partial charge in [-0.1, -0.05) is 11.8 Å². The summed E-state index contributed by atoms with van der Waals surface area (Å²) in [5.41, 5.74) is -0.149. The molecule has 0 aliphatic rings. The van der Waals surface area contributed by atoms with E-state index in [1.165, 1.54) is 6.20 Å². The van der Waals surface area contributed by atoms with Crippen LogP contribution in [-0.4, -0.2) is 37.7 Å². The maximum Gasteiger partial charge on any atom is 0.323 e. The molecule has 8 heteroatoms. The largest absolute Gasteiger partial charge is 0.350 e. The summed E-state index contributed by atoms with van der Waals surface area (Å²) < 4.78 is 1.91. The standard InChI is InChI=1S/C10H13N5O2S/c1-15-4-2-12-10(15)18-5-3-11-8(16)7-6-13-9(17)14-7/h2,4,6H,3,5H2,1H3,(H,11,16)(H2,13,14,17). The third-order valence-corrected chi connectivity index (χ3v) is 3.30. The number of amides is 1. The molecule has 2 aromatic rings. The van der Waals surface area contributed by atoms with Crippen molar-refractivity contribution in [2.24, 2.45) is 7.05 Å². The van der Waals surface area contributed by atoms with Gasteiger partial charge in [-0.2, -0.15) is 0 Å². The lowest BCUT2D eigenvalue weighted by atomic mass is 10.4. The van der Waals surface area contributed by atoms with Gasteiger partial charge in [0.1, 0.15) is 5.69 Å².